The second-order valence-electron chi connectivity index (χ2n) is 2.14. The van der Waals surface area contributed by atoms with Crippen molar-refractivity contribution in [3.8, 4) is 6.07 Å². The predicted molar refractivity (Wildman–Crippen MR) is 42.4 cm³/mol. The van der Waals surface area contributed by atoms with Gasteiger partial charge < -0.3 is 5.11 Å². The van der Waals surface area contributed by atoms with Crippen LogP contribution in [0.2, 0.25) is 0 Å². The normalized spacial score (nSPS) is 10.7. The Morgan fingerprint density at radius 3 is 2.00 bits per heavy atom. The molecule has 2 heteroatoms. The van der Waals surface area contributed by atoms with Crippen molar-refractivity contribution in [1.82, 2.24) is 0 Å². The highest BCUT2D eigenvalue weighted by atomic mass is 16.2. The van der Waals surface area contributed by atoms with Crippen molar-refractivity contribution >= 4 is 0 Å². The van der Waals surface area contributed by atoms with Crippen molar-refractivity contribution in [1.29, 1.82) is 5.26 Å². The van der Waals surface area contributed by atoms with Crippen LogP contribution in [0, 0.1) is 17.2 Å². The Labute approximate surface area is 63.5 Å². The number of aliphatic hydroxyl groups is 1. The first-order chi connectivity index (χ1) is 4.72. The Morgan fingerprint density at radius 2 is 1.90 bits per heavy atom. The van der Waals surface area contributed by atoms with Gasteiger partial charge in [-0.2, -0.15) is 5.26 Å². The van der Waals surface area contributed by atoms with E-state index in [-0.39, 0.29) is 12.5 Å². The summed E-state index contributed by atoms with van der Waals surface area (Å²) in [4.78, 5) is 0. The molecule has 1 N–H and O–H groups in total. The molecule has 0 amide bonds. The van der Waals surface area contributed by atoms with Crippen molar-refractivity contribution < 1.29 is 5.11 Å². The third kappa shape index (κ3) is 15.7. The van der Waals surface area contributed by atoms with Crippen molar-refractivity contribution in [3.05, 3.63) is 0 Å². The summed E-state index contributed by atoms with van der Waals surface area (Å²) >= 11 is 0. The van der Waals surface area contributed by atoms with E-state index in [1.54, 1.807) is 6.92 Å². The van der Waals surface area contributed by atoms with E-state index < -0.39 is 0 Å². The van der Waals surface area contributed by atoms with Crippen LogP contribution < -0.4 is 0 Å². The van der Waals surface area contributed by atoms with Crippen molar-refractivity contribution in [2.75, 3.05) is 6.61 Å². The lowest BCUT2D eigenvalue weighted by Gasteiger charge is -1.92. The number of nitriles is 1. The Balaban J connectivity index is 0. The minimum atomic E-state index is 0.250. The fraction of sp³-hybridized carbons (Fsp3) is 0.875. The molecular formula is C8H17NO. The van der Waals surface area contributed by atoms with Crippen molar-refractivity contribution in [2.24, 2.45) is 5.92 Å². The topological polar surface area (TPSA) is 44.0 Å². The van der Waals surface area contributed by atoms with Gasteiger partial charge in [0, 0.05) is 12.5 Å². The highest BCUT2D eigenvalue weighted by Crippen LogP contribution is 2.00. The maximum atomic E-state index is 8.22. The molecule has 0 saturated carbocycles. The Hall–Kier alpha value is -0.550. The van der Waals surface area contributed by atoms with Crippen LogP contribution >= 0.6 is 0 Å². The maximum Gasteiger partial charge on any atom is 0.0652 e. The summed E-state index contributed by atoms with van der Waals surface area (Å²) in [6, 6.07) is 2.17. The monoisotopic (exact) mass is 143 g/mol. The molecule has 0 aromatic heterocycles. The smallest absolute Gasteiger partial charge is 0.0652 e. The van der Waals surface area contributed by atoms with Crippen LogP contribution in [0.3, 0.4) is 0 Å². The number of aliphatic hydroxyl groups excluding tert-OH is 1. The average Bonchev–Trinajstić information content (AvgIpc) is 1.90. The molecular weight excluding hydrogens is 126 g/mol. The van der Waals surface area contributed by atoms with Crippen LogP contribution in [0.25, 0.3) is 0 Å². The molecule has 0 fully saturated rings. The standard InChI is InChI=1S/C6H11N.C2H6O/c1-3-4-6(2)5-7;1-2-3/h6H,3-4H2,1-2H3;3H,2H2,1H3. The van der Waals surface area contributed by atoms with Gasteiger partial charge in [-0.25, -0.2) is 0 Å². The first kappa shape index (κ1) is 12.2. The summed E-state index contributed by atoms with van der Waals surface area (Å²) in [5.41, 5.74) is 0. The van der Waals surface area contributed by atoms with Gasteiger partial charge in [0.15, 0.2) is 0 Å². The molecule has 2 nitrogen and oxygen atoms in total. The summed E-state index contributed by atoms with van der Waals surface area (Å²) in [6.07, 6.45) is 2.16. The molecule has 0 bridgehead atoms. The molecule has 0 radical (unpaired) electrons. The molecule has 1 unspecified atom stereocenters. The van der Waals surface area contributed by atoms with Crippen LogP contribution in [0.15, 0.2) is 0 Å². The van der Waals surface area contributed by atoms with Crippen LogP contribution in [0.1, 0.15) is 33.6 Å². The van der Waals surface area contributed by atoms with Gasteiger partial charge in [-0.3, -0.25) is 0 Å². The third-order valence-electron chi connectivity index (χ3n) is 0.942. The van der Waals surface area contributed by atoms with E-state index >= 15 is 0 Å². The van der Waals surface area contributed by atoms with Gasteiger partial charge in [-0.1, -0.05) is 13.3 Å². The zero-order chi connectivity index (χ0) is 8.41. The van der Waals surface area contributed by atoms with E-state index in [1.165, 1.54) is 0 Å². The predicted octanol–water partition coefficient (Wildman–Crippen LogP) is 1.94. The summed E-state index contributed by atoms with van der Waals surface area (Å²) < 4.78 is 0. The second kappa shape index (κ2) is 11.3. The highest BCUT2D eigenvalue weighted by molar-refractivity contribution is 4.77. The van der Waals surface area contributed by atoms with Crippen LogP contribution in [0.4, 0.5) is 0 Å². The molecule has 0 aliphatic heterocycles. The third-order valence-corrected chi connectivity index (χ3v) is 0.942. The fourth-order valence-corrected chi connectivity index (χ4v) is 0.498. The van der Waals surface area contributed by atoms with E-state index in [4.69, 9.17) is 10.4 Å². The molecule has 10 heavy (non-hydrogen) atoms. The first-order valence-corrected chi connectivity index (χ1v) is 3.73. The molecule has 0 aliphatic rings. The van der Waals surface area contributed by atoms with E-state index in [1.807, 2.05) is 6.92 Å². The number of hydrogen-bond acceptors (Lipinski definition) is 2. The largest absolute Gasteiger partial charge is 0.397 e. The lowest BCUT2D eigenvalue weighted by molar-refractivity contribution is 0.318. The molecule has 60 valence electrons. The Morgan fingerprint density at radius 1 is 1.50 bits per heavy atom. The Bertz CT molecular complexity index is 85.7. The van der Waals surface area contributed by atoms with Crippen LogP contribution in [-0.2, 0) is 0 Å². The summed E-state index contributed by atoms with van der Waals surface area (Å²) in [5, 5.41) is 15.8. The van der Waals surface area contributed by atoms with Crippen molar-refractivity contribution in [2.45, 2.75) is 33.6 Å². The van der Waals surface area contributed by atoms with Gasteiger partial charge in [0.2, 0.25) is 0 Å². The van der Waals surface area contributed by atoms with E-state index in [0.29, 0.717) is 0 Å². The molecule has 0 aromatic carbocycles. The summed E-state index contributed by atoms with van der Waals surface area (Å²) in [6.45, 7) is 5.97. The fourth-order valence-electron chi connectivity index (χ4n) is 0.498. The zero-order valence-corrected chi connectivity index (χ0v) is 7.09. The maximum absolute atomic E-state index is 8.22. The lowest BCUT2D eigenvalue weighted by Crippen LogP contribution is -1.85. The minimum absolute atomic E-state index is 0.250. The highest BCUT2D eigenvalue weighted by Gasteiger charge is 1.92. The minimum Gasteiger partial charge on any atom is -0.397 e. The molecule has 0 heterocycles. The van der Waals surface area contributed by atoms with Gasteiger partial charge in [0.25, 0.3) is 0 Å². The van der Waals surface area contributed by atoms with Gasteiger partial charge in [-0.05, 0) is 20.3 Å². The first-order valence-electron chi connectivity index (χ1n) is 3.73. The van der Waals surface area contributed by atoms with Gasteiger partial charge >= 0.3 is 0 Å². The number of rotatable bonds is 2. The Kier molecular flexibility index (Phi) is 13.7. The van der Waals surface area contributed by atoms with E-state index in [2.05, 4.69) is 13.0 Å². The quantitative estimate of drug-likeness (QED) is 0.642. The number of nitrogens with zero attached hydrogens (tertiary/aromatic N) is 1. The molecule has 0 aliphatic carbocycles. The van der Waals surface area contributed by atoms with Gasteiger partial charge in [-0.15, -0.1) is 0 Å². The van der Waals surface area contributed by atoms with E-state index in [0.717, 1.165) is 12.8 Å². The lowest BCUT2D eigenvalue weighted by atomic mass is 10.1. The van der Waals surface area contributed by atoms with Crippen LogP contribution in [-0.4, -0.2) is 11.7 Å². The molecule has 0 spiro atoms. The van der Waals surface area contributed by atoms with Gasteiger partial charge in [0.1, 0.15) is 0 Å². The molecule has 1 atom stereocenters. The van der Waals surface area contributed by atoms with Gasteiger partial charge in [0.05, 0.1) is 6.07 Å². The zero-order valence-electron chi connectivity index (χ0n) is 7.09. The van der Waals surface area contributed by atoms with Crippen LogP contribution in [0.5, 0.6) is 0 Å². The van der Waals surface area contributed by atoms with Crippen molar-refractivity contribution in [3.63, 3.8) is 0 Å². The molecule has 0 rings (SSSR count). The number of hydrogen-bond donors (Lipinski definition) is 1. The molecule has 0 saturated heterocycles. The second-order valence-corrected chi connectivity index (χ2v) is 2.14. The summed E-state index contributed by atoms with van der Waals surface area (Å²) in [5.74, 6) is 0.255. The molecule has 0 aromatic rings. The SMILES string of the molecule is CCCC(C)C#N.CCO. The van der Waals surface area contributed by atoms with E-state index in [9.17, 15) is 0 Å². The average molecular weight is 143 g/mol. The summed E-state index contributed by atoms with van der Waals surface area (Å²) in [7, 11) is 0.